The van der Waals surface area contributed by atoms with Gasteiger partial charge in [0.1, 0.15) is 0 Å². The monoisotopic (exact) mass is 348 g/mol. The summed E-state index contributed by atoms with van der Waals surface area (Å²) in [7, 11) is 0. The molecule has 0 heterocycles. The lowest BCUT2D eigenvalue weighted by Gasteiger charge is -2.12. The molecule has 0 fully saturated rings. The topological polar surface area (TPSA) is 20.2 Å². The lowest BCUT2D eigenvalue weighted by atomic mass is 10.0. The predicted molar refractivity (Wildman–Crippen MR) is 86.3 cm³/mol. The van der Waals surface area contributed by atoms with Gasteiger partial charge in [-0.2, -0.15) is 0 Å². The number of hydrogen-bond acceptors (Lipinski definition) is 1. The highest BCUT2D eigenvalue weighted by molar-refractivity contribution is 6.42. The first kappa shape index (κ1) is 15.9. The van der Waals surface area contributed by atoms with Crippen molar-refractivity contribution in [2.75, 3.05) is 0 Å². The summed E-state index contributed by atoms with van der Waals surface area (Å²) in [5, 5.41) is 12.1. The van der Waals surface area contributed by atoms with Gasteiger partial charge in [-0.05, 0) is 48.2 Å². The Morgan fingerprint density at radius 2 is 1.10 bits per heavy atom. The van der Waals surface area contributed by atoms with Gasteiger partial charge in [0.25, 0.3) is 0 Å². The van der Waals surface area contributed by atoms with Crippen LogP contribution >= 0.6 is 46.4 Å². The molecule has 0 unspecified atom stereocenters. The van der Waals surface area contributed by atoms with Crippen molar-refractivity contribution in [1.29, 1.82) is 0 Å². The third-order valence-corrected chi connectivity index (χ3v) is 4.39. The van der Waals surface area contributed by atoms with E-state index >= 15 is 0 Å². The van der Waals surface area contributed by atoms with Gasteiger partial charge in [-0.15, -0.1) is 0 Å². The summed E-state index contributed by atoms with van der Waals surface area (Å²) in [4.78, 5) is 0. The third kappa shape index (κ3) is 4.28. The third-order valence-electron chi connectivity index (χ3n) is 2.91. The van der Waals surface area contributed by atoms with Crippen molar-refractivity contribution in [2.24, 2.45) is 0 Å². The molecular weight excluding hydrogens is 338 g/mol. The van der Waals surface area contributed by atoms with Crippen LogP contribution in [0.25, 0.3) is 0 Å². The minimum Gasteiger partial charge on any atom is -0.392 e. The molecule has 0 spiro atoms. The van der Waals surface area contributed by atoms with E-state index in [-0.39, 0.29) is 0 Å². The molecule has 0 atom stereocenters. The molecule has 0 aliphatic carbocycles. The average molecular weight is 350 g/mol. The number of aliphatic hydroxyl groups is 1. The number of halogens is 4. The SMILES string of the molecule is OC(Cc1ccc(Cl)c(Cl)c1)Cc1ccc(Cl)c(Cl)c1. The minimum absolute atomic E-state index is 0.492. The zero-order valence-corrected chi connectivity index (χ0v) is 13.4. The van der Waals surface area contributed by atoms with Crippen molar-refractivity contribution < 1.29 is 5.11 Å². The maximum Gasteiger partial charge on any atom is 0.0620 e. The van der Waals surface area contributed by atoms with E-state index in [2.05, 4.69) is 0 Å². The largest absolute Gasteiger partial charge is 0.392 e. The molecule has 5 heteroatoms. The Kier molecular flexibility index (Phi) is 5.59. The standard InChI is InChI=1S/C15H12Cl4O/c16-12-3-1-9(7-14(12)18)5-11(20)6-10-2-4-13(17)15(19)8-10/h1-4,7-8,11,20H,5-6H2. The molecule has 0 aromatic heterocycles. The molecular formula is C15H12Cl4O. The number of rotatable bonds is 4. The summed E-state index contributed by atoms with van der Waals surface area (Å²) in [6.45, 7) is 0. The van der Waals surface area contributed by atoms with Crippen LogP contribution in [0.5, 0.6) is 0 Å². The molecule has 2 aromatic rings. The van der Waals surface area contributed by atoms with Gasteiger partial charge in [-0.3, -0.25) is 0 Å². The smallest absolute Gasteiger partial charge is 0.0620 e. The molecule has 1 N–H and O–H groups in total. The van der Waals surface area contributed by atoms with Gasteiger partial charge >= 0.3 is 0 Å². The first-order valence-corrected chi connectivity index (χ1v) is 7.53. The zero-order chi connectivity index (χ0) is 14.7. The van der Waals surface area contributed by atoms with Crippen molar-refractivity contribution in [3.8, 4) is 0 Å². The van der Waals surface area contributed by atoms with E-state index in [1.807, 2.05) is 12.1 Å². The Labute approximate surface area is 138 Å². The van der Waals surface area contributed by atoms with E-state index in [4.69, 9.17) is 46.4 Å². The fraction of sp³-hybridized carbons (Fsp3) is 0.200. The highest BCUT2D eigenvalue weighted by atomic mass is 35.5. The van der Waals surface area contributed by atoms with Crippen molar-refractivity contribution >= 4 is 46.4 Å². The number of aliphatic hydroxyl groups excluding tert-OH is 1. The summed E-state index contributed by atoms with van der Waals surface area (Å²) in [5.74, 6) is 0. The molecule has 0 amide bonds. The molecule has 2 rings (SSSR count). The molecule has 0 radical (unpaired) electrons. The van der Waals surface area contributed by atoms with Crippen molar-refractivity contribution in [2.45, 2.75) is 18.9 Å². The average Bonchev–Trinajstić information content (AvgIpc) is 2.38. The van der Waals surface area contributed by atoms with Crippen molar-refractivity contribution in [1.82, 2.24) is 0 Å². The minimum atomic E-state index is -0.524. The number of benzene rings is 2. The molecule has 0 saturated carbocycles. The van der Waals surface area contributed by atoms with E-state index in [1.165, 1.54) is 0 Å². The van der Waals surface area contributed by atoms with Crippen LogP contribution in [0.4, 0.5) is 0 Å². The Hall–Kier alpha value is -0.440. The summed E-state index contributed by atoms with van der Waals surface area (Å²) in [6, 6.07) is 10.7. The second-order valence-corrected chi connectivity index (χ2v) is 6.19. The zero-order valence-electron chi connectivity index (χ0n) is 10.4. The Bertz CT molecular complexity index is 559. The maximum atomic E-state index is 10.1. The molecule has 0 aliphatic rings. The van der Waals surface area contributed by atoms with Gasteiger partial charge in [0.2, 0.25) is 0 Å². The predicted octanol–water partition coefficient (Wildman–Crippen LogP) is 5.45. The Morgan fingerprint density at radius 3 is 1.45 bits per heavy atom. The van der Waals surface area contributed by atoms with E-state index in [0.717, 1.165) is 11.1 Å². The second kappa shape index (κ2) is 7.02. The fourth-order valence-corrected chi connectivity index (χ4v) is 2.59. The summed E-state index contributed by atoms with van der Waals surface area (Å²) in [5.41, 5.74) is 1.87. The molecule has 2 aromatic carbocycles. The van der Waals surface area contributed by atoms with Gasteiger partial charge in [-0.1, -0.05) is 58.5 Å². The summed E-state index contributed by atoms with van der Waals surface area (Å²) in [6.07, 6.45) is 0.471. The van der Waals surface area contributed by atoms with Crippen LogP contribution in [0.3, 0.4) is 0 Å². The maximum absolute atomic E-state index is 10.1. The van der Waals surface area contributed by atoms with Crippen LogP contribution in [0.1, 0.15) is 11.1 Å². The van der Waals surface area contributed by atoms with E-state index in [1.54, 1.807) is 24.3 Å². The molecule has 0 saturated heterocycles. The van der Waals surface area contributed by atoms with Crippen molar-refractivity contribution in [3.05, 3.63) is 67.6 Å². The van der Waals surface area contributed by atoms with Crippen LogP contribution in [-0.2, 0) is 12.8 Å². The Balaban J connectivity index is 2.02. The van der Waals surface area contributed by atoms with Crippen LogP contribution in [-0.4, -0.2) is 11.2 Å². The van der Waals surface area contributed by atoms with E-state index < -0.39 is 6.10 Å². The molecule has 106 valence electrons. The fourth-order valence-electron chi connectivity index (χ4n) is 1.95. The van der Waals surface area contributed by atoms with Crippen LogP contribution in [0.15, 0.2) is 36.4 Å². The van der Waals surface area contributed by atoms with Gasteiger partial charge in [0.15, 0.2) is 0 Å². The highest BCUT2D eigenvalue weighted by Crippen LogP contribution is 2.25. The molecule has 20 heavy (non-hydrogen) atoms. The lowest BCUT2D eigenvalue weighted by Crippen LogP contribution is -2.13. The highest BCUT2D eigenvalue weighted by Gasteiger charge is 2.09. The van der Waals surface area contributed by atoms with Gasteiger partial charge in [0, 0.05) is 0 Å². The van der Waals surface area contributed by atoms with Crippen molar-refractivity contribution in [3.63, 3.8) is 0 Å². The molecule has 0 bridgehead atoms. The van der Waals surface area contributed by atoms with Crippen LogP contribution < -0.4 is 0 Å². The molecule has 0 aliphatic heterocycles. The van der Waals surface area contributed by atoms with Gasteiger partial charge in [-0.25, -0.2) is 0 Å². The lowest BCUT2D eigenvalue weighted by molar-refractivity contribution is 0.175. The van der Waals surface area contributed by atoms with Gasteiger partial charge in [0.05, 0.1) is 26.2 Å². The van der Waals surface area contributed by atoms with Crippen LogP contribution in [0, 0.1) is 0 Å². The van der Waals surface area contributed by atoms with Gasteiger partial charge < -0.3 is 5.11 Å². The first-order valence-electron chi connectivity index (χ1n) is 6.01. The molecule has 1 nitrogen and oxygen atoms in total. The van der Waals surface area contributed by atoms with E-state index in [9.17, 15) is 5.11 Å². The quantitative estimate of drug-likeness (QED) is 0.778. The normalized spacial score (nSPS) is 11.1. The second-order valence-electron chi connectivity index (χ2n) is 4.56. The number of hydrogen-bond donors (Lipinski definition) is 1. The van der Waals surface area contributed by atoms with Crippen LogP contribution in [0.2, 0.25) is 20.1 Å². The van der Waals surface area contributed by atoms with E-state index in [0.29, 0.717) is 32.9 Å². The Morgan fingerprint density at radius 1 is 0.700 bits per heavy atom. The summed E-state index contributed by atoms with van der Waals surface area (Å²) < 4.78 is 0. The first-order chi connectivity index (χ1) is 9.45. The summed E-state index contributed by atoms with van der Waals surface area (Å²) >= 11 is 23.6.